The highest BCUT2D eigenvalue weighted by atomic mass is 32.2. The Bertz CT molecular complexity index is 648. The van der Waals surface area contributed by atoms with Crippen LogP contribution in [-0.2, 0) is 14.8 Å². The molecule has 1 aromatic rings. The second-order valence-electron chi connectivity index (χ2n) is 5.55. The van der Waals surface area contributed by atoms with Crippen LogP contribution in [0.1, 0.15) is 16.8 Å². The summed E-state index contributed by atoms with van der Waals surface area (Å²) in [4.78, 5) is 16.6. The summed E-state index contributed by atoms with van der Waals surface area (Å²) in [5.74, 6) is -0.163. The first-order chi connectivity index (χ1) is 10.9. The van der Waals surface area contributed by atoms with Crippen molar-refractivity contribution >= 4 is 15.9 Å². The number of ether oxygens (including phenoxy) is 1. The normalized spacial score (nSPS) is 17.0. The second kappa shape index (κ2) is 7.87. The number of hydrogen-bond donors (Lipinski definition) is 1. The van der Waals surface area contributed by atoms with Gasteiger partial charge in [-0.05, 0) is 31.2 Å². The van der Waals surface area contributed by atoms with Crippen LogP contribution in [0, 0.1) is 0 Å². The van der Waals surface area contributed by atoms with Crippen LogP contribution in [0.2, 0.25) is 0 Å². The highest BCUT2D eigenvalue weighted by Gasteiger charge is 2.21. The van der Waals surface area contributed by atoms with Crippen LogP contribution in [0.5, 0.6) is 0 Å². The van der Waals surface area contributed by atoms with E-state index in [9.17, 15) is 13.2 Å². The van der Waals surface area contributed by atoms with E-state index in [0.717, 1.165) is 26.1 Å². The molecular weight excluding hydrogens is 318 g/mol. The van der Waals surface area contributed by atoms with Crippen molar-refractivity contribution in [3.8, 4) is 0 Å². The van der Waals surface area contributed by atoms with Crippen molar-refractivity contribution in [3.05, 3.63) is 29.8 Å². The molecule has 1 aliphatic rings. The van der Waals surface area contributed by atoms with Crippen LogP contribution < -0.4 is 5.14 Å². The number of rotatable bonds is 5. The Balaban J connectivity index is 2.06. The molecule has 0 aromatic heterocycles. The van der Waals surface area contributed by atoms with Crippen molar-refractivity contribution in [1.82, 2.24) is 9.80 Å². The van der Waals surface area contributed by atoms with Crippen molar-refractivity contribution in [2.75, 3.05) is 46.4 Å². The highest BCUT2D eigenvalue weighted by Crippen LogP contribution is 2.13. The zero-order chi connectivity index (χ0) is 16.9. The van der Waals surface area contributed by atoms with Gasteiger partial charge < -0.3 is 9.64 Å². The number of primary sulfonamides is 1. The Morgan fingerprint density at radius 2 is 2.04 bits per heavy atom. The minimum absolute atomic E-state index is 0.0418. The molecular formula is C15H23N3O4S. The zero-order valence-corrected chi connectivity index (χ0v) is 14.1. The fourth-order valence-electron chi connectivity index (χ4n) is 2.61. The van der Waals surface area contributed by atoms with Crippen molar-refractivity contribution in [3.63, 3.8) is 0 Å². The summed E-state index contributed by atoms with van der Waals surface area (Å²) in [6, 6.07) is 5.88. The lowest BCUT2D eigenvalue weighted by atomic mass is 10.2. The summed E-state index contributed by atoms with van der Waals surface area (Å²) in [5, 5.41) is 5.12. The molecule has 0 atom stereocenters. The molecule has 1 aliphatic heterocycles. The minimum atomic E-state index is -3.81. The van der Waals surface area contributed by atoms with E-state index >= 15 is 0 Å². The lowest BCUT2D eigenvalue weighted by Crippen LogP contribution is -2.36. The predicted octanol–water partition coefficient (Wildman–Crippen LogP) is 0.128. The summed E-state index contributed by atoms with van der Waals surface area (Å²) < 4.78 is 27.9. The topological polar surface area (TPSA) is 92.9 Å². The van der Waals surface area contributed by atoms with Crippen LogP contribution >= 0.6 is 0 Å². The zero-order valence-electron chi connectivity index (χ0n) is 13.3. The summed E-state index contributed by atoms with van der Waals surface area (Å²) in [6.07, 6.45) is 0.879. The van der Waals surface area contributed by atoms with Gasteiger partial charge in [-0.2, -0.15) is 0 Å². The quantitative estimate of drug-likeness (QED) is 0.822. The van der Waals surface area contributed by atoms with Gasteiger partial charge >= 0.3 is 0 Å². The van der Waals surface area contributed by atoms with Crippen LogP contribution in [0.4, 0.5) is 0 Å². The van der Waals surface area contributed by atoms with Gasteiger partial charge in [0.05, 0.1) is 11.5 Å². The Morgan fingerprint density at radius 1 is 1.26 bits per heavy atom. The molecule has 7 nitrogen and oxygen atoms in total. The average molecular weight is 341 g/mol. The first-order valence-electron chi connectivity index (χ1n) is 7.55. The Kier molecular flexibility index (Phi) is 6.11. The van der Waals surface area contributed by atoms with Crippen LogP contribution in [0.15, 0.2) is 29.2 Å². The lowest BCUT2D eigenvalue weighted by molar-refractivity contribution is 0.0759. The fourth-order valence-corrected chi connectivity index (χ4v) is 3.17. The van der Waals surface area contributed by atoms with Gasteiger partial charge in [0.2, 0.25) is 10.0 Å². The number of nitrogens with two attached hydrogens (primary N) is 1. The van der Waals surface area contributed by atoms with Gasteiger partial charge in [0, 0.05) is 38.9 Å². The lowest BCUT2D eigenvalue weighted by Gasteiger charge is -2.22. The van der Waals surface area contributed by atoms with Gasteiger partial charge in [0.1, 0.15) is 0 Å². The second-order valence-corrected chi connectivity index (χ2v) is 7.11. The van der Waals surface area contributed by atoms with Gasteiger partial charge in [-0.25, -0.2) is 13.6 Å². The summed E-state index contributed by atoms with van der Waals surface area (Å²) in [5.41, 5.74) is 0.349. The number of benzene rings is 1. The van der Waals surface area contributed by atoms with Crippen LogP contribution in [0.25, 0.3) is 0 Å². The number of carbonyl (C=O) groups excluding carboxylic acids is 1. The molecule has 128 valence electrons. The molecule has 0 unspecified atom stereocenters. The average Bonchev–Trinajstić information content (AvgIpc) is 2.77. The van der Waals surface area contributed by atoms with Gasteiger partial charge in [-0.15, -0.1) is 0 Å². The van der Waals surface area contributed by atoms with Crippen molar-refractivity contribution in [1.29, 1.82) is 0 Å². The number of carbonyl (C=O) groups is 1. The molecule has 1 heterocycles. The maximum Gasteiger partial charge on any atom is 0.253 e. The SMILES string of the molecule is COCCN1CCCN(C(=O)c2cccc(S(N)(=O)=O)c2)CC1. The number of methoxy groups -OCH3 is 1. The molecule has 2 N–H and O–H groups in total. The van der Waals surface area contributed by atoms with E-state index in [0.29, 0.717) is 25.3 Å². The van der Waals surface area contributed by atoms with Gasteiger partial charge in [0.15, 0.2) is 0 Å². The maximum atomic E-state index is 12.6. The number of amides is 1. The molecule has 0 radical (unpaired) electrons. The first kappa shape index (κ1) is 17.9. The van der Waals surface area contributed by atoms with E-state index in [-0.39, 0.29) is 10.8 Å². The molecule has 0 bridgehead atoms. The van der Waals surface area contributed by atoms with E-state index in [1.165, 1.54) is 18.2 Å². The summed E-state index contributed by atoms with van der Waals surface area (Å²) in [6.45, 7) is 4.49. The Morgan fingerprint density at radius 3 is 2.74 bits per heavy atom. The van der Waals surface area contributed by atoms with E-state index in [4.69, 9.17) is 9.88 Å². The number of nitrogens with zero attached hydrogens (tertiary/aromatic N) is 2. The Labute approximate surface area is 137 Å². The molecule has 1 amide bonds. The largest absolute Gasteiger partial charge is 0.383 e. The molecule has 1 aromatic carbocycles. The highest BCUT2D eigenvalue weighted by molar-refractivity contribution is 7.89. The maximum absolute atomic E-state index is 12.6. The van der Waals surface area contributed by atoms with Gasteiger partial charge in [0.25, 0.3) is 5.91 Å². The molecule has 0 spiro atoms. The van der Waals surface area contributed by atoms with Crippen LogP contribution in [-0.4, -0.2) is 70.6 Å². The molecule has 0 saturated carbocycles. The van der Waals surface area contributed by atoms with E-state index < -0.39 is 10.0 Å². The monoisotopic (exact) mass is 341 g/mol. The third-order valence-corrected chi connectivity index (χ3v) is 4.81. The standard InChI is InChI=1S/C15H23N3O4S/c1-22-11-10-17-6-3-7-18(9-8-17)15(19)13-4-2-5-14(12-13)23(16,20)21/h2,4-5,12H,3,6-11H2,1H3,(H2,16,20,21). The molecule has 23 heavy (non-hydrogen) atoms. The molecule has 2 rings (SSSR count). The predicted molar refractivity (Wildman–Crippen MR) is 86.7 cm³/mol. The fraction of sp³-hybridized carbons (Fsp3) is 0.533. The van der Waals surface area contributed by atoms with Crippen molar-refractivity contribution < 1.29 is 17.9 Å². The third-order valence-electron chi connectivity index (χ3n) is 3.90. The molecule has 0 aliphatic carbocycles. The minimum Gasteiger partial charge on any atom is -0.383 e. The molecule has 1 saturated heterocycles. The van der Waals surface area contributed by atoms with Crippen molar-refractivity contribution in [2.24, 2.45) is 5.14 Å². The summed E-state index contributed by atoms with van der Waals surface area (Å²) in [7, 11) is -2.14. The Hall–Kier alpha value is -1.48. The van der Waals surface area contributed by atoms with Crippen LogP contribution in [0.3, 0.4) is 0 Å². The smallest absolute Gasteiger partial charge is 0.253 e. The van der Waals surface area contributed by atoms with Crippen molar-refractivity contribution in [2.45, 2.75) is 11.3 Å². The van der Waals surface area contributed by atoms with E-state index in [1.54, 1.807) is 18.1 Å². The van der Waals surface area contributed by atoms with Gasteiger partial charge in [-0.3, -0.25) is 9.69 Å². The third kappa shape index (κ3) is 5.00. The summed E-state index contributed by atoms with van der Waals surface area (Å²) >= 11 is 0. The number of sulfonamides is 1. The van der Waals surface area contributed by atoms with E-state index in [1.807, 2.05) is 0 Å². The number of hydrogen-bond acceptors (Lipinski definition) is 5. The van der Waals surface area contributed by atoms with E-state index in [2.05, 4.69) is 4.90 Å². The molecule has 1 fully saturated rings. The first-order valence-corrected chi connectivity index (χ1v) is 9.10. The van der Waals surface area contributed by atoms with Gasteiger partial charge in [-0.1, -0.05) is 6.07 Å². The molecule has 8 heteroatoms.